The van der Waals surface area contributed by atoms with Gasteiger partial charge in [0.05, 0.1) is 24.7 Å². The molecule has 1 unspecified atom stereocenters. The third kappa shape index (κ3) is 3.99. The van der Waals surface area contributed by atoms with Crippen LogP contribution in [0.4, 0.5) is 10.1 Å². The fourth-order valence-electron chi connectivity index (χ4n) is 4.58. The number of morpholine rings is 1. The summed E-state index contributed by atoms with van der Waals surface area (Å²) in [4.78, 5) is 27.6. The van der Waals surface area contributed by atoms with E-state index < -0.39 is 11.7 Å². The molecule has 2 N–H and O–H groups in total. The second-order valence-electron chi connectivity index (χ2n) is 7.90. The summed E-state index contributed by atoms with van der Waals surface area (Å²) >= 11 is 0. The Morgan fingerprint density at radius 3 is 2.78 bits per heavy atom. The Morgan fingerprint density at radius 2 is 2.04 bits per heavy atom. The minimum absolute atomic E-state index is 0.0515. The van der Waals surface area contributed by atoms with Gasteiger partial charge in [0.1, 0.15) is 5.82 Å². The SMILES string of the molecule is O=C1CC(C(=O)NC2(CN3CCOCC3)CCCC2)c2cc(F)ccc2N1. The number of hydrogen-bond donors (Lipinski definition) is 2. The first kappa shape index (κ1) is 18.4. The minimum Gasteiger partial charge on any atom is -0.379 e. The van der Waals surface area contributed by atoms with Crippen LogP contribution in [-0.2, 0) is 14.3 Å². The zero-order valence-corrected chi connectivity index (χ0v) is 15.4. The average molecular weight is 375 g/mol. The number of fused-ring (bicyclic) bond motifs is 1. The van der Waals surface area contributed by atoms with Crippen molar-refractivity contribution >= 4 is 17.5 Å². The lowest BCUT2D eigenvalue weighted by Crippen LogP contribution is -2.56. The molecule has 1 aliphatic carbocycles. The van der Waals surface area contributed by atoms with Crippen molar-refractivity contribution in [1.82, 2.24) is 10.2 Å². The maximum absolute atomic E-state index is 13.8. The van der Waals surface area contributed by atoms with Crippen molar-refractivity contribution in [2.24, 2.45) is 0 Å². The molecule has 1 saturated heterocycles. The van der Waals surface area contributed by atoms with E-state index in [4.69, 9.17) is 4.74 Å². The van der Waals surface area contributed by atoms with Gasteiger partial charge in [0, 0.05) is 31.7 Å². The summed E-state index contributed by atoms with van der Waals surface area (Å²) in [6.07, 6.45) is 4.09. The molecular weight excluding hydrogens is 349 g/mol. The van der Waals surface area contributed by atoms with Gasteiger partial charge in [-0.25, -0.2) is 4.39 Å². The second kappa shape index (κ2) is 7.56. The van der Waals surface area contributed by atoms with E-state index in [0.717, 1.165) is 58.5 Å². The lowest BCUT2D eigenvalue weighted by molar-refractivity contribution is -0.128. The highest BCUT2D eigenvalue weighted by Gasteiger charge is 2.40. The van der Waals surface area contributed by atoms with Gasteiger partial charge in [-0.05, 0) is 36.6 Å². The molecule has 0 aromatic heterocycles. The van der Waals surface area contributed by atoms with Gasteiger partial charge in [0.25, 0.3) is 0 Å². The lowest BCUT2D eigenvalue weighted by Gasteiger charge is -2.39. The molecule has 1 atom stereocenters. The van der Waals surface area contributed by atoms with Crippen LogP contribution >= 0.6 is 0 Å². The van der Waals surface area contributed by atoms with Crippen molar-refractivity contribution in [2.75, 3.05) is 38.2 Å². The molecule has 3 aliphatic rings. The van der Waals surface area contributed by atoms with E-state index in [2.05, 4.69) is 15.5 Å². The Bertz CT molecular complexity index is 727. The minimum atomic E-state index is -0.647. The zero-order chi connectivity index (χ0) is 18.9. The van der Waals surface area contributed by atoms with Crippen LogP contribution in [0.2, 0.25) is 0 Å². The van der Waals surface area contributed by atoms with Crippen LogP contribution in [0, 0.1) is 5.82 Å². The summed E-state index contributed by atoms with van der Waals surface area (Å²) in [6, 6.07) is 4.19. The number of carbonyl (C=O) groups is 2. The first-order valence-corrected chi connectivity index (χ1v) is 9.76. The molecule has 2 fully saturated rings. The highest BCUT2D eigenvalue weighted by molar-refractivity contribution is 6.01. The molecule has 0 spiro atoms. The largest absolute Gasteiger partial charge is 0.379 e. The third-order valence-corrected chi connectivity index (χ3v) is 5.95. The number of anilines is 1. The number of nitrogens with zero attached hydrogens (tertiary/aromatic N) is 1. The number of halogens is 1. The Morgan fingerprint density at radius 1 is 1.30 bits per heavy atom. The van der Waals surface area contributed by atoms with Crippen molar-refractivity contribution < 1.29 is 18.7 Å². The molecule has 1 saturated carbocycles. The van der Waals surface area contributed by atoms with Crippen molar-refractivity contribution in [1.29, 1.82) is 0 Å². The van der Waals surface area contributed by atoms with E-state index in [-0.39, 0.29) is 23.8 Å². The van der Waals surface area contributed by atoms with Crippen molar-refractivity contribution in [3.63, 3.8) is 0 Å². The number of hydrogen-bond acceptors (Lipinski definition) is 4. The van der Waals surface area contributed by atoms with E-state index in [1.165, 1.54) is 18.2 Å². The number of rotatable bonds is 4. The predicted octanol–water partition coefficient (Wildman–Crippen LogP) is 2.01. The van der Waals surface area contributed by atoms with Gasteiger partial charge in [-0.3, -0.25) is 14.5 Å². The Balaban J connectivity index is 1.53. The number of benzene rings is 1. The standard InChI is InChI=1S/C20H26FN3O3/c21-14-3-4-17-15(11-14)16(12-18(25)22-17)19(26)23-20(5-1-2-6-20)13-24-7-9-27-10-8-24/h3-4,11,16H,1-2,5-10,12-13H2,(H,22,25)(H,23,26). The normalized spacial score (nSPS) is 24.9. The molecule has 4 rings (SSSR count). The Kier molecular flexibility index (Phi) is 5.14. The van der Waals surface area contributed by atoms with Crippen molar-refractivity contribution in [3.8, 4) is 0 Å². The van der Waals surface area contributed by atoms with Gasteiger partial charge in [-0.2, -0.15) is 0 Å². The van der Waals surface area contributed by atoms with E-state index in [9.17, 15) is 14.0 Å². The van der Waals surface area contributed by atoms with Gasteiger partial charge in [-0.1, -0.05) is 12.8 Å². The summed E-state index contributed by atoms with van der Waals surface area (Å²) in [5, 5.41) is 6.00. The van der Waals surface area contributed by atoms with Crippen LogP contribution in [0.1, 0.15) is 43.6 Å². The quantitative estimate of drug-likeness (QED) is 0.845. The molecule has 2 amide bonds. The molecule has 2 aliphatic heterocycles. The summed E-state index contributed by atoms with van der Waals surface area (Å²) in [5.41, 5.74) is 0.823. The predicted molar refractivity (Wildman–Crippen MR) is 99.0 cm³/mol. The lowest BCUT2D eigenvalue weighted by atomic mass is 9.87. The molecule has 0 radical (unpaired) electrons. The number of amides is 2. The highest BCUT2D eigenvalue weighted by atomic mass is 19.1. The summed E-state index contributed by atoms with van der Waals surface area (Å²) < 4.78 is 19.2. The maximum Gasteiger partial charge on any atom is 0.228 e. The zero-order valence-electron chi connectivity index (χ0n) is 15.4. The molecule has 7 heteroatoms. The molecule has 2 heterocycles. The first-order valence-electron chi connectivity index (χ1n) is 9.76. The molecule has 6 nitrogen and oxygen atoms in total. The van der Waals surface area contributed by atoms with Crippen LogP contribution in [-0.4, -0.2) is 55.1 Å². The van der Waals surface area contributed by atoms with E-state index in [1.807, 2.05) is 0 Å². The van der Waals surface area contributed by atoms with Gasteiger partial charge in [-0.15, -0.1) is 0 Å². The molecule has 27 heavy (non-hydrogen) atoms. The topological polar surface area (TPSA) is 70.7 Å². The number of carbonyl (C=O) groups excluding carboxylic acids is 2. The van der Waals surface area contributed by atoms with Gasteiger partial charge in [0.15, 0.2) is 0 Å². The van der Waals surface area contributed by atoms with Crippen LogP contribution in [0.25, 0.3) is 0 Å². The van der Waals surface area contributed by atoms with Crippen molar-refractivity contribution in [3.05, 3.63) is 29.6 Å². The van der Waals surface area contributed by atoms with Crippen LogP contribution in [0.3, 0.4) is 0 Å². The fourth-order valence-corrected chi connectivity index (χ4v) is 4.58. The Hall–Kier alpha value is -1.99. The molecule has 1 aromatic carbocycles. The number of ether oxygens (including phenoxy) is 1. The third-order valence-electron chi connectivity index (χ3n) is 5.95. The van der Waals surface area contributed by atoms with Crippen LogP contribution in [0.5, 0.6) is 0 Å². The van der Waals surface area contributed by atoms with Crippen LogP contribution in [0.15, 0.2) is 18.2 Å². The fraction of sp³-hybridized carbons (Fsp3) is 0.600. The van der Waals surface area contributed by atoms with Gasteiger partial charge < -0.3 is 15.4 Å². The second-order valence-corrected chi connectivity index (χ2v) is 7.90. The van der Waals surface area contributed by atoms with E-state index >= 15 is 0 Å². The van der Waals surface area contributed by atoms with Gasteiger partial charge in [0.2, 0.25) is 11.8 Å². The van der Waals surface area contributed by atoms with Gasteiger partial charge >= 0.3 is 0 Å². The van der Waals surface area contributed by atoms with Crippen LogP contribution < -0.4 is 10.6 Å². The maximum atomic E-state index is 13.8. The molecule has 1 aromatic rings. The van der Waals surface area contributed by atoms with E-state index in [0.29, 0.717) is 11.3 Å². The molecule has 0 bridgehead atoms. The summed E-state index contributed by atoms with van der Waals surface area (Å²) in [7, 11) is 0. The van der Waals surface area contributed by atoms with Crippen molar-refractivity contribution in [2.45, 2.75) is 43.6 Å². The molecular formula is C20H26FN3O3. The summed E-state index contributed by atoms with van der Waals surface area (Å²) in [5.74, 6) is -1.42. The molecule has 146 valence electrons. The highest BCUT2D eigenvalue weighted by Crippen LogP contribution is 2.36. The Labute approximate surface area is 158 Å². The number of nitrogens with one attached hydrogen (secondary N) is 2. The first-order chi connectivity index (χ1) is 13.0. The average Bonchev–Trinajstić information content (AvgIpc) is 3.10. The van der Waals surface area contributed by atoms with E-state index in [1.54, 1.807) is 0 Å². The summed E-state index contributed by atoms with van der Waals surface area (Å²) in [6.45, 7) is 3.99. The smallest absolute Gasteiger partial charge is 0.228 e. The monoisotopic (exact) mass is 375 g/mol.